The fraction of sp³-hybridized carbons (Fsp3) is 0.417. The quantitative estimate of drug-likeness (QED) is 0.750. The summed E-state index contributed by atoms with van der Waals surface area (Å²) in [5, 5.41) is 7.74. The predicted molar refractivity (Wildman–Crippen MR) is 76.5 cm³/mol. The smallest absolute Gasteiger partial charge is 0.0675 e. The molecule has 0 saturated heterocycles. The molecule has 4 heteroatoms. The zero-order chi connectivity index (χ0) is 11.5. The van der Waals surface area contributed by atoms with Crippen LogP contribution < -0.4 is 5.01 Å². The minimum Gasteiger partial charge on any atom is -0.261 e. The van der Waals surface area contributed by atoms with E-state index in [1.807, 2.05) is 0 Å². The van der Waals surface area contributed by atoms with E-state index in [1.165, 1.54) is 5.71 Å². The molecule has 0 aliphatic carbocycles. The minimum absolute atomic E-state index is 0.455. The Morgan fingerprint density at radius 2 is 2.06 bits per heavy atom. The van der Waals surface area contributed by atoms with E-state index < -0.39 is 0 Å². The highest BCUT2D eigenvalue weighted by Gasteiger charge is 2.25. The molecule has 1 aliphatic rings. The fourth-order valence-corrected chi connectivity index (χ4v) is 2.60. The van der Waals surface area contributed by atoms with Crippen LogP contribution in [0.15, 0.2) is 33.8 Å². The average Bonchev–Trinajstić information content (AvgIpc) is 2.73. The molecule has 1 aromatic rings. The van der Waals surface area contributed by atoms with Gasteiger partial charge in [0.2, 0.25) is 0 Å². The van der Waals surface area contributed by atoms with Crippen LogP contribution in [0.3, 0.4) is 0 Å². The highest BCUT2D eigenvalue weighted by molar-refractivity contribution is 9.10. The van der Waals surface area contributed by atoms with Crippen LogP contribution in [0.1, 0.15) is 19.8 Å². The van der Waals surface area contributed by atoms with Gasteiger partial charge in [-0.3, -0.25) is 5.01 Å². The molecule has 0 radical (unpaired) electrons. The van der Waals surface area contributed by atoms with Crippen LogP contribution in [-0.2, 0) is 0 Å². The maximum absolute atomic E-state index is 4.66. The molecule has 1 heterocycles. The van der Waals surface area contributed by atoms with Gasteiger partial charge in [-0.25, -0.2) is 0 Å². The van der Waals surface area contributed by atoms with Gasteiger partial charge < -0.3 is 0 Å². The molecule has 0 fully saturated rings. The number of hydrogen-bond donors (Lipinski definition) is 0. The molecule has 0 bridgehead atoms. The first-order valence-electron chi connectivity index (χ1n) is 5.41. The largest absolute Gasteiger partial charge is 0.261 e. The van der Waals surface area contributed by atoms with Gasteiger partial charge in [-0.1, -0.05) is 38.8 Å². The third kappa shape index (κ3) is 2.48. The summed E-state index contributed by atoms with van der Waals surface area (Å²) >= 11 is 7.01. The summed E-state index contributed by atoms with van der Waals surface area (Å²) in [5.74, 6) is 0. The van der Waals surface area contributed by atoms with Crippen LogP contribution in [0.25, 0.3) is 0 Å². The lowest BCUT2D eigenvalue weighted by atomic mass is 10.1. The van der Waals surface area contributed by atoms with Gasteiger partial charge in [0.1, 0.15) is 0 Å². The van der Waals surface area contributed by atoms with Crippen molar-refractivity contribution < 1.29 is 0 Å². The summed E-state index contributed by atoms with van der Waals surface area (Å²) < 4.78 is 1.10. The summed E-state index contributed by atoms with van der Waals surface area (Å²) in [6, 6.07) is 8.76. The zero-order valence-corrected chi connectivity index (χ0v) is 12.3. The normalized spacial score (nSPS) is 20.1. The van der Waals surface area contributed by atoms with Crippen LogP contribution in [0.4, 0.5) is 5.69 Å². The summed E-state index contributed by atoms with van der Waals surface area (Å²) in [5.41, 5.74) is 2.45. The van der Waals surface area contributed by atoms with Crippen molar-refractivity contribution in [2.24, 2.45) is 5.10 Å². The van der Waals surface area contributed by atoms with Crippen molar-refractivity contribution in [2.45, 2.75) is 25.8 Å². The minimum atomic E-state index is 0.455. The Hall–Kier alpha value is -0.350. The standard InChI is InChI=1S/C12H14Br2N2/c1-2-10-7-12(8-13)16(15-10)11-5-3-9(14)4-6-11/h3-6,12H,2,7-8H2,1H3. The number of hydrazone groups is 1. The second-order valence-electron chi connectivity index (χ2n) is 3.85. The van der Waals surface area contributed by atoms with Gasteiger partial charge in [0, 0.05) is 21.9 Å². The Labute approximate surface area is 113 Å². The van der Waals surface area contributed by atoms with Gasteiger partial charge in [-0.05, 0) is 30.7 Å². The molecule has 1 aliphatic heterocycles. The number of benzene rings is 1. The van der Waals surface area contributed by atoms with Crippen molar-refractivity contribution in [2.75, 3.05) is 10.3 Å². The Bertz CT molecular complexity index is 387. The first kappa shape index (κ1) is 12.1. The highest BCUT2D eigenvalue weighted by Crippen LogP contribution is 2.27. The number of halogens is 2. The Balaban J connectivity index is 2.24. The van der Waals surface area contributed by atoms with E-state index in [1.54, 1.807) is 0 Å². The maximum atomic E-state index is 4.66. The first-order valence-corrected chi connectivity index (χ1v) is 7.33. The predicted octanol–water partition coefficient (Wildman–Crippen LogP) is 4.19. The SMILES string of the molecule is CCC1=NN(c2ccc(Br)cc2)C(CBr)C1. The number of rotatable bonds is 3. The van der Waals surface area contributed by atoms with Crippen LogP contribution in [0.2, 0.25) is 0 Å². The van der Waals surface area contributed by atoms with Gasteiger partial charge in [0.05, 0.1) is 11.7 Å². The molecule has 0 N–H and O–H groups in total. The van der Waals surface area contributed by atoms with Crippen LogP contribution in [-0.4, -0.2) is 17.1 Å². The van der Waals surface area contributed by atoms with Crippen molar-refractivity contribution in [3.05, 3.63) is 28.7 Å². The number of nitrogens with zero attached hydrogens (tertiary/aromatic N) is 2. The average molecular weight is 346 g/mol. The molecule has 86 valence electrons. The van der Waals surface area contributed by atoms with Crippen molar-refractivity contribution in [1.29, 1.82) is 0 Å². The molecular weight excluding hydrogens is 332 g/mol. The summed E-state index contributed by atoms with van der Waals surface area (Å²) in [4.78, 5) is 0. The van der Waals surface area contributed by atoms with Crippen LogP contribution in [0.5, 0.6) is 0 Å². The van der Waals surface area contributed by atoms with Crippen molar-refractivity contribution in [1.82, 2.24) is 0 Å². The lowest BCUT2D eigenvalue weighted by Crippen LogP contribution is -2.27. The van der Waals surface area contributed by atoms with Crippen LogP contribution >= 0.6 is 31.9 Å². The molecule has 2 rings (SSSR count). The third-order valence-electron chi connectivity index (χ3n) is 2.74. The second-order valence-corrected chi connectivity index (χ2v) is 5.42. The number of anilines is 1. The molecule has 1 unspecified atom stereocenters. The third-order valence-corrected chi connectivity index (χ3v) is 4.02. The molecule has 16 heavy (non-hydrogen) atoms. The molecule has 1 aromatic carbocycles. The molecule has 1 atom stereocenters. The van der Waals surface area contributed by atoms with Crippen molar-refractivity contribution in [3.63, 3.8) is 0 Å². The lowest BCUT2D eigenvalue weighted by Gasteiger charge is -2.21. The number of hydrogen-bond acceptors (Lipinski definition) is 2. The molecule has 0 saturated carbocycles. The molecular formula is C12H14Br2N2. The summed E-state index contributed by atoms with van der Waals surface area (Å²) in [6.45, 7) is 2.16. The van der Waals surface area contributed by atoms with E-state index in [0.29, 0.717) is 6.04 Å². The topological polar surface area (TPSA) is 15.6 Å². The molecule has 0 amide bonds. The second kappa shape index (κ2) is 5.32. The summed E-state index contributed by atoms with van der Waals surface area (Å²) in [7, 11) is 0. The van der Waals surface area contributed by atoms with E-state index >= 15 is 0 Å². The number of alkyl halides is 1. The van der Waals surface area contributed by atoms with E-state index in [-0.39, 0.29) is 0 Å². The summed E-state index contributed by atoms with van der Waals surface area (Å²) in [6.07, 6.45) is 2.11. The van der Waals surface area contributed by atoms with Gasteiger partial charge in [0.25, 0.3) is 0 Å². The first-order chi connectivity index (χ1) is 7.74. The van der Waals surface area contributed by atoms with E-state index in [2.05, 4.69) is 73.2 Å². The monoisotopic (exact) mass is 344 g/mol. The Morgan fingerprint density at radius 1 is 1.38 bits per heavy atom. The van der Waals surface area contributed by atoms with Crippen molar-refractivity contribution >= 4 is 43.3 Å². The van der Waals surface area contributed by atoms with Crippen LogP contribution in [0, 0.1) is 0 Å². The van der Waals surface area contributed by atoms with E-state index in [0.717, 1.165) is 28.3 Å². The molecule has 2 nitrogen and oxygen atoms in total. The highest BCUT2D eigenvalue weighted by atomic mass is 79.9. The zero-order valence-electron chi connectivity index (χ0n) is 9.16. The van der Waals surface area contributed by atoms with E-state index in [9.17, 15) is 0 Å². The van der Waals surface area contributed by atoms with Gasteiger partial charge in [-0.2, -0.15) is 5.10 Å². The molecule has 0 spiro atoms. The fourth-order valence-electron chi connectivity index (χ4n) is 1.83. The Kier molecular flexibility index (Phi) is 4.03. The molecule has 0 aromatic heterocycles. The van der Waals surface area contributed by atoms with Gasteiger partial charge >= 0.3 is 0 Å². The Morgan fingerprint density at radius 3 is 2.62 bits per heavy atom. The lowest BCUT2D eigenvalue weighted by molar-refractivity contribution is 0.737. The van der Waals surface area contributed by atoms with Gasteiger partial charge in [-0.15, -0.1) is 0 Å². The van der Waals surface area contributed by atoms with Gasteiger partial charge in [0.15, 0.2) is 0 Å². The van der Waals surface area contributed by atoms with Crippen molar-refractivity contribution in [3.8, 4) is 0 Å². The van der Waals surface area contributed by atoms with E-state index in [4.69, 9.17) is 0 Å². The maximum Gasteiger partial charge on any atom is 0.0675 e.